The first-order valence-corrected chi connectivity index (χ1v) is 6.40. The first kappa shape index (κ1) is 13.1. The Morgan fingerprint density at radius 2 is 1.78 bits per heavy atom. The van der Waals surface area contributed by atoms with Crippen LogP contribution in [0.2, 0.25) is 0 Å². The monoisotopic (exact) mass is 311 g/mol. The van der Waals surface area contributed by atoms with Crippen LogP contribution in [0.1, 0.15) is 26.5 Å². The summed E-state index contributed by atoms with van der Waals surface area (Å²) in [6.07, 6.45) is 0. The molecule has 1 aromatic carbocycles. The maximum absolute atomic E-state index is 12.9. The van der Waals surface area contributed by atoms with E-state index in [1.165, 1.54) is 12.1 Å². The molecule has 96 valence electrons. The van der Waals surface area contributed by atoms with Gasteiger partial charge in [-0.2, -0.15) is 5.10 Å². The molecule has 0 spiro atoms. The Balaban J connectivity index is 2.56. The molecule has 0 aliphatic carbocycles. The van der Waals surface area contributed by atoms with Crippen molar-refractivity contribution in [2.45, 2.75) is 26.2 Å². The van der Waals surface area contributed by atoms with Gasteiger partial charge in [-0.05, 0) is 40.2 Å². The second kappa shape index (κ2) is 4.39. The minimum absolute atomic E-state index is 0.113. The fraction of sp³-hybridized carbons (Fsp3) is 0.308. The Bertz CT molecular complexity index is 567. The van der Waals surface area contributed by atoms with E-state index in [9.17, 15) is 4.39 Å². The molecule has 0 atom stereocenters. The summed E-state index contributed by atoms with van der Waals surface area (Å²) >= 11 is 3.47. The van der Waals surface area contributed by atoms with E-state index in [1.54, 1.807) is 16.8 Å². The Morgan fingerprint density at radius 3 is 2.22 bits per heavy atom. The Morgan fingerprint density at radius 1 is 1.22 bits per heavy atom. The van der Waals surface area contributed by atoms with Crippen molar-refractivity contribution in [1.82, 2.24) is 9.78 Å². The average Bonchev–Trinajstić information content (AvgIpc) is 2.57. The van der Waals surface area contributed by atoms with Crippen molar-refractivity contribution in [2.24, 2.45) is 0 Å². The molecule has 2 aromatic rings. The number of nitrogens with zero attached hydrogens (tertiary/aromatic N) is 2. The summed E-state index contributed by atoms with van der Waals surface area (Å²) in [6.45, 7) is 6.19. The van der Waals surface area contributed by atoms with E-state index in [-0.39, 0.29) is 11.2 Å². The van der Waals surface area contributed by atoms with Gasteiger partial charge in [0.2, 0.25) is 0 Å². The topological polar surface area (TPSA) is 43.8 Å². The lowest BCUT2D eigenvalue weighted by Gasteiger charge is -2.15. The molecule has 18 heavy (non-hydrogen) atoms. The fourth-order valence-electron chi connectivity index (χ4n) is 1.67. The quantitative estimate of drug-likeness (QED) is 0.873. The highest BCUT2D eigenvalue weighted by Crippen LogP contribution is 2.34. The van der Waals surface area contributed by atoms with Gasteiger partial charge in [0.25, 0.3) is 0 Å². The van der Waals surface area contributed by atoms with Crippen LogP contribution in [0.5, 0.6) is 0 Å². The Hall–Kier alpha value is -1.36. The molecule has 0 radical (unpaired) electrons. The lowest BCUT2D eigenvalue weighted by molar-refractivity contribution is 0.558. The average molecular weight is 312 g/mol. The van der Waals surface area contributed by atoms with Gasteiger partial charge >= 0.3 is 0 Å². The molecule has 0 saturated carbocycles. The maximum atomic E-state index is 12.9. The normalized spacial score (nSPS) is 11.8. The molecule has 0 amide bonds. The highest BCUT2D eigenvalue weighted by molar-refractivity contribution is 9.10. The molecule has 0 bridgehead atoms. The third kappa shape index (κ3) is 2.27. The number of rotatable bonds is 1. The fourth-order valence-corrected chi connectivity index (χ4v) is 2.51. The minimum Gasteiger partial charge on any atom is -0.383 e. The number of hydrogen-bond donors (Lipinski definition) is 1. The molecular weight excluding hydrogens is 297 g/mol. The van der Waals surface area contributed by atoms with Crippen molar-refractivity contribution in [3.63, 3.8) is 0 Å². The van der Waals surface area contributed by atoms with Gasteiger partial charge < -0.3 is 5.73 Å². The van der Waals surface area contributed by atoms with Crippen LogP contribution in [0.15, 0.2) is 28.7 Å². The summed E-state index contributed by atoms with van der Waals surface area (Å²) in [7, 11) is 0. The van der Waals surface area contributed by atoms with Crippen molar-refractivity contribution in [3.05, 3.63) is 40.2 Å². The smallest absolute Gasteiger partial charge is 0.141 e. The molecule has 3 nitrogen and oxygen atoms in total. The van der Waals surface area contributed by atoms with Crippen LogP contribution in [0.25, 0.3) is 5.69 Å². The largest absolute Gasteiger partial charge is 0.383 e. The number of hydrogen-bond acceptors (Lipinski definition) is 2. The van der Waals surface area contributed by atoms with Crippen LogP contribution in [0.4, 0.5) is 10.2 Å². The second-order valence-electron chi connectivity index (χ2n) is 5.19. The van der Waals surface area contributed by atoms with Crippen LogP contribution in [-0.4, -0.2) is 9.78 Å². The molecule has 0 saturated heterocycles. The number of halogens is 2. The number of nitrogens with two attached hydrogens (primary N) is 1. The van der Waals surface area contributed by atoms with Gasteiger partial charge in [0.1, 0.15) is 11.6 Å². The van der Waals surface area contributed by atoms with Gasteiger partial charge in [-0.1, -0.05) is 20.8 Å². The SMILES string of the molecule is CC(C)(C)c1nn(-c2ccc(F)cc2)c(N)c1Br. The highest BCUT2D eigenvalue weighted by atomic mass is 79.9. The number of anilines is 1. The summed E-state index contributed by atoms with van der Waals surface area (Å²) in [5.74, 6) is 0.242. The molecule has 2 N–H and O–H groups in total. The Labute approximate surface area is 114 Å². The standard InChI is InChI=1S/C13H15BrFN3/c1-13(2,3)11-10(14)12(16)18(17-11)9-6-4-8(15)5-7-9/h4-7H,16H2,1-3H3. The van der Waals surface area contributed by atoms with Gasteiger partial charge in [-0.3, -0.25) is 0 Å². The number of nitrogen functional groups attached to an aromatic ring is 1. The minimum atomic E-state index is -0.278. The van der Waals surface area contributed by atoms with Crippen LogP contribution >= 0.6 is 15.9 Å². The van der Waals surface area contributed by atoms with Crippen molar-refractivity contribution < 1.29 is 4.39 Å². The maximum Gasteiger partial charge on any atom is 0.141 e. The zero-order chi connectivity index (χ0) is 13.5. The van der Waals surface area contributed by atoms with Crippen molar-refractivity contribution in [2.75, 3.05) is 5.73 Å². The molecule has 0 aliphatic heterocycles. The third-order valence-corrected chi connectivity index (χ3v) is 3.42. The van der Waals surface area contributed by atoms with Crippen molar-refractivity contribution in [1.29, 1.82) is 0 Å². The van der Waals surface area contributed by atoms with E-state index in [1.807, 2.05) is 0 Å². The molecule has 1 heterocycles. The van der Waals surface area contributed by atoms with Gasteiger partial charge in [0, 0.05) is 5.41 Å². The molecule has 0 unspecified atom stereocenters. The molecule has 1 aromatic heterocycles. The summed E-state index contributed by atoms with van der Waals surface area (Å²) < 4.78 is 15.3. The highest BCUT2D eigenvalue weighted by Gasteiger charge is 2.24. The van der Waals surface area contributed by atoms with Crippen LogP contribution < -0.4 is 5.73 Å². The van der Waals surface area contributed by atoms with Crippen LogP contribution in [0.3, 0.4) is 0 Å². The number of benzene rings is 1. The number of aromatic nitrogens is 2. The Kier molecular flexibility index (Phi) is 3.19. The summed E-state index contributed by atoms with van der Waals surface area (Å²) in [5, 5.41) is 4.50. The van der Waals surface area contributed by atoms with Crippen molar-refractivity contribution in [3.8, 4) is 5.69 Å². The van der Waals surface area contributed by atoms with E-state index in [4.69, 9.17) is 5.73 Å². The summed E-state index contributed by atoms with van der Waals surface area (Å²) in [4.78, 5) is 0. The molecule has 0 aliphatic rings. The lowest BCUT2D eigenvalue weighted by atomic mass is 9.92. The van der Waals surface area contributed by atoms with E-state index in [2.05, 4.69) is 41.8 Å². The summed E-state index contributed by atoms with van der Waals surface area (Å²) in [6, 6.07) is 6.08. The molecule has 0 fully saturated rings. The van der Waals surface area contributed by atoms with E-state index < -0.39 is 0 Å². The predicted molar refractivity (Wildman–Crippen MR) is 74.3 cm³/mol. The molecule has 2 rings (SSSR count). The van der Waals surface area contributed by atoms with Gasteiger partial charge in [-0.15, -0.1) is 0 Å². The zero-order valence-corrected chi connectivity index (χ0v) is 12.1. The van der Waals surface area contributed by atoms with E-state index in [0.717, 1.165) is 15.9 Å². The van der Waals surface area contributed by atoms with E-state index >= 15 is 0 Å². The van der Waals surface area contributed by atoms with Crippen LogP contribution in [0, 0.1) is 5.82 Å². The lowest BCUT2D eigenvalue weighted by Crippen LogP contribution is -2.13. The third-order valence-electron chi connectivity index (χ3n) is 2.64. The van der Waals surface area contributed by atoms with Gasteiger partial charge in [0.05, 0.1) is 15.9 Å². The predicted octanol–water partition coefficient (Wildman–Crippen LogP) is 3.65. The van der Waals surface area contributed by atoms with Gasteiger partial charge in [-0.25, -0.2) is 9.07 Å². The zero-order valence-electron chi connectivity index (χ0n) is 10.5. The van der Waals surface area contributed by atoms with Crippen LogP contribution in [-0.2, 0) is 5.41 Å². The second-order valence-corrected chi connectivity index (χ2v) is 5.98. The first-order chi connectivity index (χ1) is 8.30. The van der Waals surface area contributed by atoms with Crippen molar-refractivity contribution >= 4 is 21.7 Å². The summed E-state index contributed by atoms with van der Waals surface area (Å²) in [5.41, 5.74) is 7.54. The first-order valence-electron chi connectivity index (χ1n) is 5.61. The molecule has 5 heteroatoms. The van der Waals surface area contributed by atoms with Gasteiger partial charge in [0.15, 0.2) is 0 Å². The van der Waals surface area contributed by atoms with E-state index in [0.29, 0.717) is 5.82 Å². The molecular formula is C13H15BrFN3.